The molecule has 0 aliphatic carbocycles. The van der Waals surface area contributed by atoms with Gasteiger partial charge >= 0.3 is 0 Å². The molecule has 0 fully saturated rings. The average molecular weight is 345 g/mol. The Bertz CT molecular complexity index is 738. The topological polar surface area (TPSA) is 59.2 Å². The van der Waals surface area contributed by atoms with Crippen LogP contribution in [-0.2, 0) is 12.8 Å². The first-order valence-electron chi connectivity index (χ1n) is 6.53. The van der Waals surface area contributed by atoms with E-state index in [2.05, 4.69) is 26.1 Å². The molecule has 0 unspecified atom stereocenters. The summed E-state index contributed by atoms with van der Waals surface area (Å²) in [6.45, 7) is 0. The number of hydrogen-bond acceptors (Lipinski definition) is 4. The summed E-state index contributed by atoms with van der Waals surface area (Å²) in [7, 11) is 0. The van der Waals surface area contributed by atoms with Crippen molar-refractivity contribution in [1.82, 2.24) is 10.1 Å². The third kappa shape index (κ3) is 3.70. The molecule has 3 rings (SSSR count). The van der Waals surface area contributed by atoms with Crippen molar-refractivity contribution in [2.45, 2.75) is 12.8 Å². The number of aromatic hydroxyl groups is 1. The van der Waals surface area contributed by atoms with E-state index in [1.807, 2.05) is 30.3 Å². The molecule has 0 saturated carbocycles. The number of phenolic OH excluding ortho intramolecular Hbond substituents is 1. The van der Waals surface area contributed by atoms with Crippen molar-refractivity contribution < 1.29 is 9.63 Å². The largest absolute Gasteiger partial charge is 0.508 e. The highest BCUT2D eigenvalue weighted by molar-refractivity contribution is 9.10. The number of hydrogen-bond donors (Lipinski definition) is 1. The molecule has 4 nitrogen and oxygen atoms in total. The molecule has 0 amide bonds. The predicted octanol–water partition coefficient (Wildman–Crippen LogP) is 3.72. The minimum absolute atomic E-state index is 0.238. The van der Waals surface area contributed by atoms with E-state index in [0.717, 1.165) is 15.6 Å². The highest BCUT2D eigenvalue weighted by Gasteiger charge is 2.08. The van der Waals surface area contributed by atoms with Gasteiger partial charge in [-0.2, -0.15) is 4.98 Å². The van der Waals surface area contributed by atoms with E-state index in [0.29, 0.717) is 24.6 Å². The van der Waals surface area contributed by atoms with Gasteiger partial charge in [0.1, 0.15) is 5.75 Å². The fraction of sp³-hybridized carbons (Fsp3) is 0.125. The molecule has 21 heavy (non-hydrogen) atoms. The van der Waals surface area contributed by atoms with Crippen LogP contribution in [0.25, 0.3) is 0 Å². The van der Waals surface area contributed by atoms with E-state index in [1.165, 1.54) is 0 Å². The smallest absolute Gasteiger partial charge is 0.231 e. The van der Waals surface area contributed by atoms with Gasteiger partial charge in [0.15, 0.2) is 5.82 Å². The number of halogens is 1. The second-order valence-corrected chi connectivity index (χ2v) is 5.67. The number of nitrogens with zero attached hydrogens (tertiary/aromatic N) is 2. The lowest BCUT2D eigenvalue weighted by Gasteiger charge is -1.97. The van der Waals surface area contributed by atoms with Crippen LogP contribution in [0.2, 0.25) is 0 Å². The van der Waals surface area contributed by atoms with Gasteiger partial charge in [0.25, 0.3) is 0 Å². The van der Waals surface area contributed by atoms with E-state index in [1.54, 1.807) is 18.2 Å². The maximum absolute atomic E-state index is 9.44. The van der Waals surface area contributed by atoms with Crippen molar-refractivity contribution in [1.29, 1.82) is 0 Å². The number of phenols is 1. The van der Waals surface area contributed by atoms with Gasteiger partial charge in [-0.15, -0.1) is 0 Å². The molecule has 0 atom stereocenters. The Balaban J connectivity index is 1.70. The minimum atomic E-state index is 0.238. The SMILES string of the molecule is Oc1cccc(Cc2nc(Cc3ccc(Br)cc3)no2)c1. The standard InChI is InChI=1S/C16H13BrN2O2/c17-13-6-4-11(5-7-13)9-15-18-16(21-19-15)10-12-2-1-3-14(20)8-12/h1-8,20H,9-10H2. The summed E-state index contributed by atoms with van der Waals surface area (Å²) in [6, 6.07) is 15.1. The van der Waals surface area contributed by atoms with E-state index >= 15 is 0 Å². The van der Waals surface area contributed by atoms with Gasteiger partial charge in [-0.25, -0.2) is 0 Å². The molecule has 0 bridgehead atoms. The van der Waals surface area contributed by atoms with Crippen LogP contribution in [0.3, 0.4) is 0 Å². The van der Waals surface area contributed by atoms with Gasteiger partial charge < -0.3 is 9.63 Å². The molecule has 106 valence electrons. The molecule has 1 N–H and O–H groups in total. The average Bonchev–Trinajstić information content (AvgIpc) is 2.89. The Kier molecular flexibility index (Phi) is 4.01. The van der Waals surface area contributed by atoms with Crippen LogP contribution in [0.15, 0.2) is 57.5 Å². The van der Waals surface area contributed by atoms with Crippen LogP contribution in [0, 0.1) is 0 Å². The highest BCUT2D eigenvalue weighted by Crippen LogP contribution is 2.16. The first kappa shape index (κ1) is 13.8. The summed E-state index contributed by atoms with van der Waals surface area (Å²) >= 11 is 3.41. The summed E-state index contributed by atoms with van der Waals surface area (Å²) in [6.07, 6.45) is 1.15. The summed E-state index contributed by atoms with van der Waals surface area (Å²) < 4.78 is 6.30. The molecule has 0 saturated heterocycles. The van der Waals surface area contributed by atoms with Gasteiger partial charge in [0.2, 0.25) is 5.89 Å². The zero-order chi connectivity index (χ0) is 14.7. The quantitative estimate of drug-likeness (QED) is 0.783. The third-order valence-corrected chi connectivity index (χ3v) is 3.58. The zero-order valence-electron chi connectivity index (χ0n) is 11.2. The Morgan fingerprint density at radius 1 is 1.00 bits per heavy atom. The van der Waals surface area contributed by atoms with Crippen molar-refractivity contribution in [2.24, 2.45) is 0 Å². The Hall–Kier alpha value is -2.14. The molecule has 0 aliphatic rings. The lowest BCUT2D eigenvalue weighted by Crippen LogP contribution is -1.92. The van der Waals surface area contributed by atoms with Gasteiger partial charge in [-0.1, -0.05) is 45.4 Å². The minimum Gasteiger partial charge on any atom is -0.508 e. The molecule has 0 spiro atoms. The normalized spacial score (nSPS) is 10.7. The molecule has 5 heteroatoms. The molecular formula is C16H13BrN2O2. The van der Waals surface area contributed by atoms with Crippen molar-refractivity contribution >= 4 is 15.9 Å². The molecule has 3 aromatic rings. The molecule has 1 aromatic heterocycles. The Morgan fingerprint density at radius 3 is 2.57 bits per heavy atom. The van der Waals surface area contributed by atoms with Crippen LogP contribution in [-0.4, -0.2) is 15.2 Å². The lowest BCUT2D eigenvalue weighted by atomic mass is 10.1. The third-order valence-electron chi connectivity index (χ3n) is 3.05. The van der Waals surface area contributed by atoms with Crippen LogP contribution < -0.4 is 0 Å². The van der Waals surface area contributed by atoms with Crippen molar-refractivity contribution in [3.63, 3.8) is 0 Å². The second kappa shape index (κ2) is 6.10. The van der Waals surface area contributed by atoms with E-state index in [9.17, 15) is 5.11 Å². The summed E-state index contributed by atoms with van der Waals surface area (Å²) in [5.41, 5.74) is 2.07. The van der Waals surface area contributed by atoms with Crippen LogP contribution in [0.4, 0.5) is 0 Å². The summed E-state index contributed by atoms with van der Waals surface area (Å²) in [5.74, 6) is 1.45. The Labute approximate surface area is 130 Å². The maximum atomic E-state index is 9.44. The number of rotatable bonds is 4. The lowest BCUT2D eigenvalue weighted by molar-refractivity contribution is 0.380. The summed E-state index contributed by atoms with van der Waals surface area (Å²) in [5, 5.41) is 13.4. The number of benzene rings is 2. The van der Waals surface area contributed by atoms with E-state index in [4.69, 9.17) is 4.52 Å². The predicted molar refractivity (Wildman–Crippen MR) is 82.2 cm³/mol. The fourth-order valence-electron chi connectivity index (χ4n) is 2.06. The van der Waals surface area contributed by atoms with Crippen molar-refractivity contribution in [3.8, 4) is 5.75 Å². The van der Waals surface area contributed by atoms with E-state index in [-0.39, 0.29) is 5.75 Å². The van der Waals surface area contributed by atoms with Gasteiger partial charge in [-0.05, 0) is 35.4 Å². The van der Waals surface area contributed by atoms with Crippen LogP contribution in [0.1, 0.15) is 22.8 Å². The second-order valence-electron chi connectivity index (χ2n) is 4.75. The molecule has 2 aromatic carbocycles. The van der Waals surface area contributed by atoms with Gasteiger partial charge in [0, 0.05) is 10.9 Å². The van der Waals surface area contributed by atoms with Crippen LogP contribution in [0.5, 0.6) is 5.75 Å². The molecular weight excluding hydrogens is 332 g/mol. The molecule has 0 radical (unpaired) electrons. The summed E-state index contributed by atoms with van der Waals surface area (Å²) in [4.78, 5) is 4.38. The van der Waals surface area contributed by atoms with Crippen LogP contribution >= 0.6 is 15.9 Å². The first-order chi connectivity index (χ1) is 10.2. The van der Waals surface area contributed by atoms with Crippen molar-refractivity contribution in [2.75, 3.05) is 0 Å². The van der Waals surface area contributed by atoms with Gasteiger partial charge in [0.05, 0.1) is 6.42 Å². The van der Waals surface area contributed by atoms with E-state index < -0.39 is 0 Å². The molecule has 1 heterocycles. The van der Waals surface area contributed by atoms with Gasteiger partial charge in [-0.3, -0.25) is 0 Å². The monoisotopic (exact) mass is 344 g/mol. The van der Waals surface area contributed by atoms with Crippen molar-refractivity contribution in [3.05, 3.63) is 75.8 Å². The molecule has 0 aliphatic heterocycles. The fourth-order valence-corrected chi connectivity index (χ4v) is 2.32. The first-order valence-corrected chi connectivity index (χ1v) is 7.32. The highest BCUT2D eigenvalue weighted by atomic mass is 79.9. The maximum Gasteiger partial charge on any atom is 0.231 e. The number of aromatic nitrogens is 2. The Morgan fingerprint density at radius 2 is 1.81 bits per heavy atom. The zero-order valence-corrected chi connectivity index (χ0v) is 12.7.